The van der Waals surface area contributed by atoms with Crippen LogP contribution in [0.3, 0.4) is 0 Å². The number of aliphatic carboxylic acids is 1. The SMILES string of the molecule is O=C(O)C(O)(CC1OCCO1)c1ccccc1. The highest BCUT2D eigenvalue weighted by molar-refractivity contribution is 5.79. The van der Waals surface area contributed by atoms with E-state index in [-0.39, 0.29) is 6.42 Å². The molecule has 92 valence electrons. The second-order valence-electron chi connectivity index (χ2n) is 3.91. The van der Waals surface area contributed by atoms with Crippen LogP contribution in [-0.4, -0.2) is 35.7 Å². The molecule has 17 heavy (non-hydrogen) atoms. The Hall–Kier alpha value is -1.43. The molecule has 1 saturated heterocycles. The van der Waals surface area contributed by atoms with Crippen LogP contribution in [-0.2, 0) is 19.9 Å². The Morgan fingerprint density at radius 1 is 1.29 bits per heavy atom. The predicted molar refractivity (Wildman–Crippen MR) is 58.3 cm³/mol. The molecule has 0 aromatic heterocycles. The van der Waals surface area contributed by atoms with E-state index in [2.05, 4.69) is 0 Å². The molecule has 1 aromatic rings. The normalized spacial score (nSPS) is 20.1. The molecule has 0 radical (unpaired) electrons. The van der Waals surface area contributed by atoms with E-state index in [0.29, 0.717) is 18.8 Å². The van der Waals surface area contributed by atoms with E-state index in [1.165, 1.54) is 0 Å². The summed E-state index contributed by atoms with van der Waals surface area (Å²) in [6, 6.07) is 8.26. The van der Waals surface area contributed by atoms with Gasteiger partial charge >= 0.3 is 5.97 Å². The van der Waals surface area contributed by atoms with Gasteiger partial charge in [-0.25, -0.2) is 4.79 Å². The highest BCUT2D eigenvalue weighted by Gasteiger charge is 2.41. The average Bonchev–Trinajstić information content (AvgIpc) is 2.82. The maximum Gasteiger partial charge on any atom is 0.340 e. The van der Waals surface area contributed by atoms with Crippen LogP contribution in [0.2, 0.25) is 0 Å². The number of carboxylic acids is 1. The number of rotatable bonds is 4. The first kappa shape index (κ1) is 12.0. The lowest BCUT2D eigenvalue weighted by atomic mass is 9.90. The van der Waals surface area contributed by atoms with Crippen molar-refractivity contribution in [3.63, 3.8) is 0 Å². The lowest BCUT2D eigenvalue weighted by Gasteiger charge is -2.26. The summed E-state index contributed by atoms with van der Waals surface area (Å²) in [5.41, 5.74) is -1.65. The van der Waals surface area contributed by atoms with E-state index in [4.69, 9.17) is 9.47 Å². The van der Waals surface area contributed by atoms with Crippen LogP contribution < -0.4 is 0 Å². The summed E-state index contributed by atoms with van der Waals surface area (Å²) in [4.78, 5) is 11.2. The quantitative estimate of drug-likeness (QED) is 0.808. The van der Waals surface area contributed by atoms with Crippen molar-refractivity contribution in [3.8, 4) is 0 Å². The first-order chi connectivity index (χ1) is 8.13. The van der Waals surface area contributed by atoms with Crippen molar-refractivity contribution in [1.29, 1.82) is 0 Å². The van der Waals surface area contributed by atoms with Crippen molar-refractivity contribution in [3.05, 3.63) is 35.9 Å². The summed E-state index contributed by atoms with van der Waals surface area (Å²) in [5.74, 6) is -1.30. The standard InChI is InChI=1S/C12H14O5/c13-11(14)12(15,8-10-16-6-7-17-10)9-4-2-1-3-5-9/h1-5,10,15H,6-8H2,(H,13,14). The van der Waals surface area contributed by atoms with Crippen LogP contribution in [0.25, 0.3) is 0 Å². The van der Waals surface area contributed by atoms with Crippen LogP contribution in [0.4, 0.5) is 0 Å². The summed E-state index contributed by atoms with van der Waals surface area (Å²) in [7, 11) is 0. The number of hydrogen-bond donors (Lipinski definition) is 2. The predicted octanol–water partition coefficient (Wildman–Crippen LogP) is 0.722. The fraction of sp³-hybridized carbons (Fsp3) is 0.417. The zero-order chi connectivity index (χ0) is 12.3. The van der Waals surface area contributed by atoms with Gasteiger partial charge in [0, 0.05) is 6.42 Å². The third-order valence-electron chi connectivity index (χ3n) is 2.76. The Kier molecular flexibility index (Phi) is 3.42. The Bertz CT molecular complexity index is 385. The molecule has 0 saturated carbocycles. The molecule has 1 unspecified atom stereocenters. The Balaban J connectivity index is 2.23. The molecule has 2 N–H and O–H groups in total. The minimum Gasteiger partial charge on any atom is -0.479 e. The second-order valence-corrected chi connectivity index (χ2v) is 3.91. The first-order valence-electron chi connectivity index (χ1n) is 5.37. The molecular formula is C12H14O5. The van der Waals surface area contributed by atoms with Crippen molar-refractivity contribution >= 4 is 5.97 Å². The molecule has 1 fully saturated rings. The van der Waals surface area contributed by atoms with Gasteiger partial charge in [-0.15, -0.1) is 0 Å². The lowest BCUT2D eigenvalue weighted by Crippen LogP contribution is -2.39. The number of carboxylic acid groups (broad SMARTS) is 1. The van der Waals surface area contributed by atoms with Gasteiger partial charge in [-0.05, 0) is 5.56 Å². The molecule has 1 atom stereocenters. The summed E-state index contributed by atoms with van der Waals surface area (Å²) >= 11 is 0. The topological polar surface area (TPSA) is 76.0 Å². The van der Waals surface area contributed by atoms with Crippen molar-refractivity contribution in [2.75, 3.05) is 13.2 Å². The average molecular weight is 238 g/mol. The minimum absolute atomic E-state index is 0.119. The third kappa shape index (κ3) is 2.46. The van der Waals surface area contributed by atoms with Crippen molar-refractivity contribution < 1.29 is 24.5 Å². The largest absolute Gasteiger partial charge is 0.479 e. The summed E-state index contributed by atoms with van der Waals surface area (Å²) in [6.45, 7) is 0.851. The molecule has 5 nitrogen and oxygen atoms in total. The van der Waals surface area contributed by atoms with E-state index < -0.39 is 17.9 Å². The van der Waals surface area contributed by atoms with Gasteiger partial charge < -0.3 is 19.7 Å². The van der Waals surface area contributed by atoms with E-state index >= 15 is 0 Å². The molecule has 0 spiro atoms. The van der Waals surface area contributed by atoms with Crippen molar-refractivity contribution in [2.24, 2.45) is 0 Å². The molecule has 0 bridgehead atoms. The van der Waals surface area contributed by atoms with Gasteiger partial charge in [-0.2, -0.15) is 0 Å². The highest BCUT2D eigenvalue weighted by Crippen LogP contribution is 2.29. The van der Waals surface area contributed by atoms with Crippen LogP contribution in [0.15, 0.2) is 30.3 Å². The molecular weight excluding hydrogens is 224 g/mol. The number of aliphatic hydroxyl groups is 1. The van der Waals surface area contributed by atoms with Gasteiger partial charge in [0.1, 0.15) is 0 Å². The Labute approximate surface area is 98.6 Å². The second kappa shape index (κ2) is 4.83. The van der Waals surface area contributed by atoms with E-state index in [0.717, 1.165) is 0 Å². The molecule has 1 heterocycles. The number of carbonyl (C=O) groups is 1. The van der Waals surface area contributed by atoms with Gasteiger partial charge in [-0.1, -0.05) is 30.3 Å². The van der Waals surface area contributed by atoms with Gasteiger partial charge in [0.2, 0.25) is 0 Å². The zero-order valence-electron chi connectivity index (χ0n) is 9.20. The summed E-state index contributed by atoms with van der Waals surface area (Å²) < 4.78 is 10.3. The lowest BCUT2D eigenvalue weighted by molar-refractivity contribution is -0.171. The number of ether oxygens (including phenoxy) is 2. The Morgan fingerprint density at radius 3 is 2.41 bits per heavy atom. The van der Waals surface area contributed by atoms with Crippen molar-refractivity contribution in [1.82, 2.24) is 0 Å². The van der Waals surface area contributed by atoms with Crippen LogP contribution in [0, 0.1) is 0 Å². The van der Waals surface area contributed by atoms with E-state index in [9.17, 15) is 15.0 Å². The maximum atomic E-state index is 11.2. The van der Waals surface area contributed by atoms with Crippen molar-refractivity contribution in [2.45, 2.75) is 18.3 Å². The smallest absolute Gasteiger partial charge is 0.340 e. The molecule has 0 aliphatic carbocycles. The van der Waals surface area contributed by atoms with Crippen LogP contribution in [0.5, 0.6) is 0 Å². The van der Waals surface area contributed by atoms with E-state index in [1.54, 1.807) is 30.3 Å². The van der Waals surface area contributed by atoms with Crippen LogP contribution >= 0.6 is 0 Å². The molecule has 1 aromatic carbocycles. The van der Waals surface area contributed by atoms with E-state index in [1.807, 2.05) is 0 Å². The fourth-order valence-electron chi connectivity index (χ4n) is 1.81. The molecule has 1 aliphatic rings. The first-order valence-corrected chi connectivity index (χ1v) is 5.37. The number of benzene rings is 1. The van der Waals surface area contributed by atoms with Gasteiger partial charge in [0.25, 0.3) is 0 Å². The maximum absolute atomic E-state index is 11.2. The van der Waals surface area contributed by atoms with Gasteiger partial charge in [-0.3, -0.25) is 0 Å². The summed E-state index contributed by atoms with van der Waals surface area (Å²) in [6.07, 6.45) is -0.789. The van der Waals surface area contributed by atoms with Gasteiger partial charge in [0.15, 0.2) is 11.9 Å². The molecule has 5 heteroatoms. The highest BCUT2D eigenvalue weighted by atomic mass is 16.7. The third-order valence-corrected chi connectivity index (χ3v) is 2.76. The Morgan fingerprint density at radius 2 is 1.88 bits per heavy atom. The summed E-state index contributed by atoms with van der Waals surface area (Å²) in [5, 5.41) is 19.4. The number of hydrogen-bond acceptors (Lipinski definition) is 4. The molecule has 0 amide bonds. The zero-order valence-corrected chi connectivity index (χ0v) is 9.20. The molecule has 2 rings (SSSR count). The monoisotopic (exact) mass is 238 g/mol. The fourth-order valence-corrected chi connectivity index (χ4v) is 1.81. The van der Waals surface area contributed by atoms with Crippen LogP contribution in [0.1, 0.15) is 12.0 Å². The minimum atomic E-state index is -1.98. The molecule has 1 aliphatic heterocycles. The van der Waals surface area contributed by atoms with Gasteiger partial charge in [0.05, 0.1) is 13.2 Å².